The maximum atomic E-state index is 6.52. The topological polar surface area (TPSA) is 12.0 Å². The van der Waals surface area contributed by atoms with E-state index < -0.39 is 0 Å². The highest BCUT2D eigenvalue weighted by Crippen LogP contribution is 2.52. The van der Waals surface area contributed by atoms with Crippen LogP contribution >= 0.6 is 23.2 Å². The van der Waals surface area contributed by atoms with Gasteiger partial charge in [-0.15, -0.1) is 0 Å². The molecule has 2 aliphatic rings. The lowest BCUT2D eigenvalue weighted by atomic mass is 9.76. The van der Waals surface area contributed by atoms with Crippen LogP contribution in [-0.2, 0) is 0 Å². The zero-order chi connectivity index (χ0) is 16.1. The Morgan fingerprint density at radius 1 is 1.09 bits per heavy atom. The summed E-state index contributed by atoms with van der Waals surface area (Å²) < 4.78 is 0. The van der Waals surface area contributed by atoms with Crippen molar-refractivity contribution in [1.82, 2.24) is 0 Å². The van der Waals surface area contributed by atoms with Crippen molar-refractivity contribution in [3.63, 3.8) is 0 Å². The van der Waals surface area contributed by atoms with E-state index in [0.717, 1.165) is 12.0 Å². The molecule has 0 amide bonds. The van der Waals surface area contributed by atoms with Crippen LogP contribution < -0.4 is 5.32 Å². The molecule has 3 unspecified atom stereocenters. The van der Waals surface area contributed by atoms with Crippen LogP contribution in [0.5, 0.6) is 0 Å². The second kappa shape index (κ2) is 5.58. The predicted octanol–water partition coefficient (Wildman–Crippen LogP) is 6.44. The van der Waals surface area contributed by atoms with Crippen molar-refractivity contribution < 1.29 is 0 Å². The number of halogens is 2. The molecule has 1 nitrogen and oxygen atoms in total. The molecule has 0 saturated heterocycles. The zero-order valence-electron chi connectivity index (χ0n) is 13.2. The van der Waals surface area contributed by atoms with Crippen molar-refractivity contribution in [2.45, 2.75) is 32.2 Å². The third kappa shape index (κ3) is 2.38. The normalized spacial score (nSPS) is 25.0. The lowest BCUT2D eigenvalue weighted by molar-refractivity contribution is 0.425. The number of allylic oxidation sites excluding steroid dienone is 2. The number of hydrogen-bond acceptors (Lipinski definition) is 1. The minimum Gasteiger partial charge on any atom is -0.377 e. The minimum atomic E-state index is 0.190. The second-order valence-corrected chi connectivity index (χ2v) is 7.45. The van der Waals surface area contributed by atoms with Gasteiger partial charge in [-0.05, 0) is 48.9 Å². The summed E-state index contributed by atoms with van der Waals surface area (Å²) in [6.07, 6.45) is 5.72. The molecule has 1 aliphatic heterocycles. The van der Waals surface area contributed by atoms with Gasteiger partial charge in [-0.1, -0.05) is 65.2 Å². The summed E-state index contributed by atoms with van der Waals surface area (Å²) in [5, 5.41) is 5.06. The lowest BCUT2D eigenvalue weighted by Gasteiger charge is -2.39. The van der Waals surface area contributed by atoms with E-state index in [1.54, 1.807) is 0 Å². The molecule has 1 N–H and O–H groups in total. The van der Waals surface area contributed by atoms with Crippen LogP contribution in [0, 0.1) is 19.8 Å². The van der Waals surface area contributed by atoms with Crippen LogP contribution in [-0.4, -0.2) is 0 Å². The summed E-state index contributed by atoms with van der Waals surface area (Å²) in [6.45, 7) is 4.34. The highest BCUT2D eigenvalue weighted by atomic mass is 35.5. The van der Waals surface area contributed by atoms with Crippen LogP contribution in [0.4, 0.5) is 5.69 Å². The molecule has 23 heavy (non-hydrogen) atoms. The predicted molar refractivity (Wildman–Crippen MR) is 98.7 cm³/mol. The standard InChI is InChI=1S/C20H19Cl2N/c1-11-9-12(2)19-16(10-11)13-5-3-6-14(13)20(23-19)15-7-4-8-17(21)18(15)22/h3-5,7-10,13-14,20,23H,6H2,1-2H3. The van der Waals surface area contributed by atoms with E-state index in [4.69, 9.17) is 23.2 Å². The van der Waals surface area contributed by atoms with Gasteiger partial charge in [0.15, 0.2) is 0 Å². The van der Waals surface area contributed by atoms with Crippen molar-refractivity contribution in [3.8, 4) is 0 Å². The fourth-order valence-corrected chi connectivity index (χ4v) is 4.57. The molecule has 118 valence electrons. The van der Waals surface area contributed by atoms with Crippen LogP contribution in [0.15, 0.2) is 42.5 Å². The quantitative estimate of drug-likeness (QED) is 0.587. The van der Waals surface area contributed by atoms with Crippen molar-refractivity contribution in [1.29, 1.82) is 0 Å². The first kappa shape index (κ1) is 15.1. The zero-order valence-corrected chi connectivity index (χ0v) is 14.7. The van der Waals surface area contributed by atoms with Crippen molar-refractivity contribution in [2.75, 3.05) is 5.32 Å². The van der Waals surface area contributed by atoms with Gasteiger partial charge in [-0.3, -0.25) is 0 Å². The Hall–Kier alpha value is -1.44. The lowest BCUT2D eigenvalue weighted by Crippen LogP contribution is -2.30. The van der Waals surface area contributed by atoms with Crippen LogP contribution in [0.1, 0.15) is 40.6 Å². The number of hydrogen-bond donors (Lipinski definition) is 1. The van der Waals surface area contributed by atoms with Gasteiger partial charge in [0, 0.05) is 11.6 Å². The first-order chi connectivity index (χ1) is 11.1. The number of aryl methyl sites for hydroxylation is 2. The van der Waals surface area contributed by atoms with Crippen LogP contribution in [0.2, 0.25) is 10.0 Å². The smallest absolute Gasteiger partial charge is 0.0645 e. The number of anilines is 1. The molecular weight excluding hydrogens is 325 g/mol. The van der Waals surface area contributed by atoms with Gasteiger partial charge < -0.3 is 5.32 Å². The molecule has 4 rings (SSSR count). The Labute approximate surface area is 147 Å². The summed E-state index contributed by atoms with van der Waals surface area (Å²) >= 11 is 12.8. The van der Waals surface area contributed by atoms with E-state index in [1.165, 1.54) is 22.4 Å². The Morgan fingerprint density at radius 3 is 2.74 bits per heavy atom. The van der Waals surface area contributed by atoms with Gasteiger partial charge in [0.2, 0.25) is 0 Å². The summed E-state index contributed by atoms with van der Waals surface area (Å²) in [5.41, 5.74) is 6.38. The number of benzene rings is 2. The molecule has 1 aliphatic carbocycles. The van der Waals surface area contributed by atoms with Gasteiger partial charge >= 0.3 is 0 Å². The van der Waals surface area contributed by atoms with E-state index in [1.807, 2.05) is 12.1 Å². The maximum absolute atomic E-state index is 6.52. The van der Waals surface area contributed by atoms with E-state index in [0.29, 0.717) is 21.9 Å². The minimum absolute atomic E-state index is 0.190. The number of nitrogens with one attached hydrogen (secondary N) is 1. The number of fused-ring (bicyclic) bond motifs is 3. The monoisotopic (exact) mass is 343 g/mol. The molecule has 0 radical (unpaired) electrons. The molecule has 0 saturated carbocycles. The average molecular weight is 344 g/mol. The average Bonchev–Trinajstić information content (AvgIpc) is 3.00. The first-order valence-electron chi connectivity index (χ1n) is 8.04. The van der Waals surface area contributed by atoms with Crippen molar-refractivity contribution >= 4 is 28.9 Å². The van der Waals surface area contributed by atoms with E-state index in [9.17, 15) is 0 Å². The van der Waals surface area contributed by atoms with Gasteiger partial charge in [0.05, 0.1) is 16.1 Å². The fourth-order valence-electron chi connectivity index (χ4n) is 4.14. The molecular formula is C20H19Cl2N. The molecule has 0 aromatic heterocycles. The van der Waals surface area contributed by atoms with E-state index in [-0.39, 0.29) is 6.04 Å². The van der Waals surface area contributed by atoms with Gasteiger partial charge in [-0.2, -0.15) is 0 Å². The maximum Gasteiger partial charge on any atom is 0.0645 e. The van der Waals surface area contributed by atoms with Gasteiger partial charge in [-0.25, -0.2) is 0 Å². The molecule has 0 spiro atoms. The fraction of sp³-hybridized carbons (Fsp3) is 0.300. The third-order valence-corrected chi connectivity index (χ3v) is 5.96. The molecule has 3 heteroatoms. The highest BCUT2D eigenvalue weighted by Gasteiger charge is 2.39. The number of rotatable bonds is 1. The van der Waals surface area contributed by atoms with Crippen molar-refractivity contribution in [2.24, 2.45) is 5.92 Å². The Morgan fingerprint density at radius 2 is 1.91 bits per heavy atom. The summed E-state index contributed by atoms with van der Waals surface area (Å²) in [6, 6.07) is 10.7. The molecule has 1 heterocycles. The Balaban J connectivity index is 1.86. The van der Waals surface area contributed by atoms with Crippen LogP contribution in [0.3, 0.4) is 0 Å². The van der Waals surface area contributed by atoms with Crippen molar-refractivity contribution in [3.05, 3.63) is 74.8 Å². The van der Waals surface area contributed by atoms with Crippen LogP contribution in [0.25, 0.3) is 0 Å². The highest BCUT2D eigenvalue weighted by molar-refractivity contribution is 6.42. The Kier molecular flexibility index (Phi) is 3.66. The summed E-state index contributed by atoms with van der Waals surface area (Å²) in [7, 11) is 0. The Bertz CT molecular complexity index is 810. The van der Waals surface area contributed by atoms with E-state index in [2.05, 4.69) is 49.5 Å². The molecule has 3 atom stereocenters. The second-order valence-electron chi connectivity index (χ2n) is 6.66. The first-order valence-corrected chi connectivity index (χ1v) is 8.80. The van der Waals surface area contributed by atoms with Gasteiger partial charge in [0.1, 0.15) is 0 Å². The molecule has 0 fully saturated rings. The molecule has 2 aromatic carbocycles. The third-order valence-electron chi connectivity index (χ3n) is 5.13. The summed E-state index contributed by atoms with van der Waals surface area (Å²) in [5.74, 6) is 0.935. The summed E-state index contributed by atoms with van der Waals surface area (Å²) in [4.78, 5) is 0. The SMILES string of the molecule is Cc1cc(C)c2c(c1)C1C=CCC1C(c1cccc(Cl)c1Cl)N2. The van der Waals surface area contributed by atoms with E-state index >= 15 is 0 Å². The molecule has 0 bridgehead atoms. The largest absolute Gasteiger partial charge is 0.377 e. The van der Waals surface area contributed by atoms with Gasteiger partial charge in [0.25, 0.3) is 0 Å². The molecule has 2 aromatic rings.